The van der Waals surface area contributed by atoms with Crippen molar-refractivity contribution in [3.05, 3.63) is 145 Å². The van der Waals surface area contributed by atoms with Crippen LogP contribution in [0, 0.1) is 37.8 Å². The molecule has 2 radical (unpaired) electrons. The number of carbonyl (C=O) groups excluding carboxylic acids is 6. The van der Waals surface area contributed by atoms with Crippen molar-refractivity contribution in [3.63, 3.8) is 0 Å². The molecule has 0 saturated heterocycles. The Bertz CT molecular complexity index is 1990. The number of rotatable bonds is 21. The van der Waals surface area contributed by atoms with Crippen molar-refractivity contribution in [2.45, 2.75) is 104 Å². The predicted molar refractivity (Wildman–Crippen MR) is 259 cm³/mol. The third kappa shape index (κ3) is 27.8. The fourth-order valence-corrected chi connectivity index (χ4v) is 6.41. The Balaban J connectivity index is 0. The van der Waals surface area contributed by atoms with Crippen LogP contribution in [0.25, 0.3) is 11.1 Å². The topological polar surface area (TPSA) is 213 Å². The third-order valence-corrected chi connectivity index (χ3v) is 10.2. The second kappa shape index (κ2) is 39.7. The smallest absolute Gasteiger partial charge is 0.307 e. The number of hydrogen-bond donors (Lipinski definition) is 4. The van der Waals surface area contributed by atoms with E-state index >= 15 is 0 Å². The minimum Gasteiger partial charge on any atom is -0.481 e. The molecule has 2 unspecified atom stereocenters. The van der Waals surface area contributed by atoms with Crippen molar-refractivity contribution < 1.29 is 109 Å². The van der Waals surface area contributed by atoms with Gasteiger partial charge in [0.1, 0.15) is 24.0 Å². The summed E-state index contributed by atoms with van der Waals surface area (Å²) in [5.41, 5.74) is 17.0. The summed E-state index contributed by atoms with van der Waals surface area (Å²) in [4.78, 5) is 77.5. The molecule has 2 amide bonds. The SMILES string of the molecule is CCC(=O)CN.CCC(CC(=O)CCC(C)=O)C(=O)NCC(N)=O.CCC(CC(=O)OCC1c2ccccc2-c2ccccc21)C(=O)O.[CH2-]CCc1[c-]cccc1.[CH2-]CCc1[c-]cccc1.[Y].[Y]. The second-order valence-electron chi connectivity index (χ2n) is 15.4. The number of carbonyl (C=O) groups is 7. The zero-order chi connectivity index (χ0) is 49.3. The Morgan fingerprint density at radius 3 is 1.56 bits per heavy atom. The molecule has 0 aromatic heterocycles. The summed E-state index contributed by atoms with van der Waals surface area (Å²) in [5.74, 6) is -3.57. The van der Waals surface area contributed by atoms with Gasteiger partial charge < -0.3 is 45.3 Å². The number of hydrogen-bond acceptors (Lipinski definition) is 9. The first kappa shape index (κ1) is 66.0. The van der Waals surface area contributed by atoms with Crippen LogP contribution in [-0.4, -0.2) is 65.9 Å². The molecular weight excluding hydrogens is 1010 g/mol. The average molecular weight is 1080 g/mol. The zero-order valence-corrected chi connectivity index (χ0v) is 46.0. The van der Waals surface area contributed by atoms with Crippen LogP contribution in [0.1, 0.15) is 114 Å². The summed E-state index contributed by atoms with van der Waals surface area (Å²) in [7, 11) is 0. The van der Waals surface area contributed by atoms with Crippen LogP contribution in [0.5, 0.6) is 0 Å². The van der Waals surface area contributed by atoms with Gasteiger partial charge in [-0.1, -0.05) is 82.1 Å². The molecule has 12 nitrogen and oxygen atoms in total. The number of fused-ring (bicyclic) bond motifs is 3. The number of benzene rings is 4. The van der Waals surface area contributed by atoms with Gasteiger partial charge in [0.15, 0.2) is 0 Å². The molecule has 6 N–H and O–H groups in total. The van der Waals surface area contributed by atoms with E-state index in [1.807, 2.05) is 60.7 Å². The summed E-state index contributed by atoms with van der Waals surface area (Å²) in [6.07, 6.45) is 5.86. The molecule has 4 aromatic rings. The summed E-state index contributed by atoms with van der Waals surface area (Å²) >= 11 is 0. The van der Waals surface area contributed by atoms with Gasteiger partial charge >= 0.3 is 11.9 Å². The number of carboxylic acids is 1. The number of nitrogens with two attached hydrogens (primary N) is 2. The molecular formula is C54H69N3O9Y2-4. The van der Waals surface area contributed by atoms with Crippen LogP contribution in [0.3, 0.4) is 0 Å². The van der Waals surface area contributed by atoms with Gasteiger partial charge in [0.2, 0.25) is 11.8 Å². The van der Waals surface area contributed by atoms with E-state index in [2.05, 4.69) is 67.7 Å². The molecule has 14 heteroatoms. The van der Waals surface area contributed by atoms with Gasteiger partial charge in [-0.3, -0.25) is 28.8 Å². The zero-order valence-electron chi connectivity index (χ0n) is 40.3. The first-order chi connectivity index (χ1) is 31.6. The van der Waals surface area contributed by atoms with Gasteiger partial charge in [0.25, 0.3) is 0 Å². The molecule has 364 valence electrons. The number of carboxylic acid groups (broad SMARTS) is 1. The Kier molecular flexibility index (Phi) is 38.6. The van der Waals surface area contributed by atoms with E-state index in [4.69, 9.17) is 21.3 Å². The summed E-state index contributed by atoms with van der Waals surface area (Å²) < 4.78 is 5.42. The normalized spacial score (nSPS) is 11.2. The van der Waals surface area contributed by atoms with E-state index in [-0.39, 0.29) is 140 Å². The number of ketones is 3. The summed E-state index contributed by atoms with van der Waals surface area (Å²) in [5, 5.41) is 11.4. The van der Waals surface area contributed by atoms with Crippen molar-refractivity contribution in [2.75, 3.05) is 19.7 Å². The van der Waals surface area contributed by atoms with Crippen LogP contribution in [0.15, 0.2) is 97.1 Å². The maximum atomic E-state index is 12.0. The molecule has 0 fully saturated rings. The molecule has 1 aliphatic carbocycles. The number of ether oxygens (including phenoxy) is 1. The van der Waals surface area contributed by atoms with Crippen molar-refractivity contribution >= 4 is 41.1 Å². The Hall–Kier alpha value is -4.06. The molecule has 0 bridgehead atoms. The molecule has 2 atom stereocenters. The minimum atomic E-state index is -0.953. The quantitative estimate of drug-likeness (QED) is 0.0464. The maximum absolute atomic E-state index is 12.0. The van der Waals surface area contributed by atoms with Crippen LogP contribution < -0.4 is 16.8 Å². The molecule has 4 aromatic carbocycles. The first-order valence-electron chi connectivity index (χ1n) is 22.5. The Morgan fingerprint density at radius 1 is 0.706 bits per heavy atom. The van der Waals surface area contributed by atoms with E-state index in [1.54, 1.807) is 20.8 Å². The van der Waals surface area contributed by atoms with E-state index in [0.717, 1.165) is 36.8 Å². The largest absolute Gasteiger partial charge is 0.481 e. The predicted octanol–water partition coefficient (Wildman–Crippen LogP) is 8.21. The van der Waals surface area contributed by atoms with Gasteiger partial charge in [-0.25, -0.2) is 0 Å². The number of aryl methyl sites for hydroxylation is 2. The van der Waals surface area contributed by atoms with Crippen LogP contribution in [0.2, 0.25) is 0 Å². The van der Waals surface area contributed by atoms with Gasteiger partial charge in [-0.2, -0.15) is 84.6 Å². The molecule has 68 heavy (non-hydrogen) atoms. The molecule has 0 heterocycles. The summed E-state index contributed by atoms with van der Waals surface area (Å²) in [6, 6.07) is 38.5. The monoisotopic (exact) mass is 1080 g/mol. The third-order valence-electron chi connectivity index (χ3n) is 10.2. The van der Waals surface area contributed by atoms with E-state index in [1.165, 1.54) is 29.2 Å². The van der Waals surface area contributed by atoms with Crippen LogP contribution >= 0.6 is 0 Å². The van der Waals surface area contributed by atoms with Crippen molar-refractivity contribution in [2.24, 2.45) is 23.3 Å². The molecule has 1 aliphatic rings. The van der Waals surface area contributed by atoms with Crippen LogP contribution in [0.4, 0.5) is 0 Å². The first-order valence-corrected chi connectivity index (χ1v) is 22.5. The van der Waals surface area contributed by atoms with Crippen molar-refractivity contribution in [1.82, 2.24) is 5.32 Å². The van der Waals surface area contributed by atoms with E-state index in [9.17, 15) is 33.6 Å². The Labute approximate surface area is 455 Å². The molecule has 5 rings (SSSR count). The van der Waals surface area contributed by atoms with Crippen molar-refractivity contribution in [3.8, 4) is 11.1 Å². The second-order valence-corrected chi connectivity index (χ2v) is 15.4. The number of esters is 1. The fourth-order valence-electron chi connectivity index (χ4n) is 6.41. The standard InChI is InChI=1S/C20H20O4.C12H20N2O4.2C9H10.C4H9NO.2Y/c1-2-13(20(22)23)11-19(21)24-12-18-16-9-5-3-7-14(16)15-8-4-6-10-17(15)18;1-3-9(12(18)14-7-11(13)17)6-10(16)5-4-8(2)15;2*1-2-6-9-7-4-3-5-8-9;1-2-4(6)3-5;;/h3-10,13,18H,2,11-12H2,1H3,(H,22,23);9H,3-7H2,1-2H3,(H2,13,17)(H,14,18);2*3-5,7H,1-2,6H2;2-3,5H2,1H3;;/q;;2*-2;;;. The van der Waals surface area contributed by atoms with Gasteiger partial charge in [0, 0.05) is 103 Å². The summed E-state index contributed by atoms with van der Waals surface area (Å²) in [6.45, 7) is 14.5. The number of nitrogens with one attached hydrogen (secondary N) is 1. The minimum absolute atomic E-state index is 0. The van der Waals surface area contributed by atoms with E-state index in [0.29, 0.717) is 19.3 Å². The van der Waals surface area contributed by atoms with Gasteiger partial charge in [-0.05, 0) is 42.0 Å². The van der Waals surface area contributed by atoms with Gasteiger partial charge in [-0.15, -0.1) is 0 Å². The maximum Gasteiger partial charge on any atom is 0.307 e. The van der Waals surface area contributed by atoms with Crippen LogP contribution in [-0.2, 0) is 117 Å². The number of aliphatic carboxylic acids is 1. The molecule has 0 aliphatic heterocycles. The number of amides is 2. The average Bonchev–Trinajstić information content (AvgIpc) is 3.65. The fraction of sp³-hybridized carbons (Fsp3) is 0.389. The molecule has 0 spiro atoms. The van der Waals surface area contributed by atoms with Gasteiger partial charge in [0.05, 0.1) is 25.4 Å². The van der Waals surface area contributed by atoms with Crippen molar-refractivity contribution in [1.29, 1.82) is 0 Å². The number of primary amides is 1. The Morgan fingerprint density at radius 2 is 1.19 bits per heavy atom. The molecule has 0 saturated carbocycles. The van der Waals surface area contributed by atoms with E-state index < -0.39 is 29.7 Å². The number of Topliss-reactive ketones (excluding diaryl/α,β-unsaturated/α-hetero) is 3.